The van der Waals surface area contributed by atoms with Crippen molar-refractivity contribution in [1.29, 1.82) is 15.8 Å². The molecule has 0 radical (unpaired) electrons. The van der Waals surface area contributed by atoms with Crippen molar-refractivity contribution in [3.05, 3.63) is 69.6 Å². The first-order valence-electron chi connectivity index (χ1n) is 9.34. The largest absolute Gasteiger partial charge is 0.461 e. The smallest absolute Gasteiger partial charge is 0.194 e. The summed E-state index contributed by atoms with van der Waals surface area (Å²) >= 11 is 3.42. The molecule has 2 N–H and O–H groups in total. The fourth-order valence-corrected chi connectivity index (χ4v) is 4.73. The zero-order chi connectivity index (χ0) is 20.6. The van der Waals surface area contributed by atoms with E-state index >= 15 is 0 Å². The van der Waals surface area contributed by atoms with Crippen molar-refractivity contribution in [2.45, 2.75) is 25.2 Å². The number of nitrogens with zero attached hydrogens (tertiary/aromatic N) is 3. The molecule has 5 nitrogen and oxygen atoms in total. The van der Waals surface area contributed by atoms with E-state index < -0.39 is 11.3 Å². The molecule has 1 aromatic carbocycles. The van der Waals surface area contributed by atoms with E-state index in [1.807, 2.05) is 42.5 Å². The first-order chi connectivity index (χ1) is 14.1. The fraction of sp³-hybridized carbons (Fsp3) is 0.261. The highest BCUT2D eigenvalue weighted by molar-refractivity contribution is 9.10. The zero-order valence-corrected chi connectivity index (χ0v) is 17.1. The Bertz CT molecular complexity index is 1140. The lowest BCUT2D eigenvalue weighted by atomic mass is 9.58. The number of halogens is 1. The van der Waals surface area contributed by atoms with Crippen molar-refractivity contribution in [2.75, 3.05) is 0 Å². The molecule has 0 unspecified atom stereocenters. The molecule has 0 aliphatic heterocycles. The minimum Gasteiger partial charge on any atom is -0.461 e. The van der Waals surface area contributed by atoms with Gasteiger partial charge in [0.1, 0.15) is 17.6 Å². The summed E-state index contributed by atoms with van der Waals surface area (Å²) in [6, 6.07) is 17.8. The molecule has 2 aliphatic carbocycles. The highest BCUT2D eigenvalue weighted by Gasteiger charge is 2.55. The Morgan fingerprint density at radius 2 is 1.79 bits per heavy atom. The predicted octanol–water partition coefficient (Wildman–Crippen LogP) is 5.30. The number of benzene rings is 1. The molecular weight excluding hydrogens is 428 g/mol. The van der Waals surface area contributed by atoms with Gasteiger partial charge in [0.25, 0.3) is 0 Å². The van der Waals surface area contributed by atoms with E-state index in [9.17, 15) is 15.8 Å². The van der Waals surface area contributed by atoms with Gasteiger partial charge in [-0.2, -0.15) is 15.8 Å². The molecule has 1 heterocycles. The van der Waals surface area contributed by atoms with Gasteiger partial charge >= 0.3 is 0 Å². The summed E-state index contributed by atoms with van der Waals surface area (Å²) in [7, 11) is 0. The van der Waals surface area contributed by atoms with E-state index in [1.54, 1.807) is 0 Å². The van der Waals surface area contributed by atoms with Gasteiger partial charge in [-0.3, -0.25) is 0 Å². The number of fused-ring (bicyclic) bond motifs is 1. The molecule has 0 amide bonds. The molecule has 2 aliphatic rings. The second-order valence-corrected chi connectivity index (χ2v) is 8.23. The maximum atomic E-state index is 10.0. The molecule has 0 spiro atoms. The zero-order valence-electron chi connectivity index (χ0n) is 15.5. The van der Waals surface area contributed by atoms with E-state index in [-0.39, 0.29) is 17.2 Å². The summed E-state index contributed by atoms with van der Waals surface area (Å²) in [6.45, 7) is 0. The Morgan fingerprint density at radius 3 is 2.45 bits per heavy atom. The number of hydrogen-bond donors (Lipinski definition) is 1. The van der Waals surface area contributed by atoms with Crippen molar-refractivity contribution in [3.8, 4) is 29.5 Å². The summed E-state index contributed by atoms with van der Waals surface area (Å²) in [5.41, 5.74) is 6.68. The molecular formula is C23H17BrN4O. The molecule has 0 saturated carbocycles. The minimum absolute atomic E-state index is 0.0287. The first-order valence-corrected chi connectivity index (χ1v) is 10.1. The van der Waals surface area contributed by atoms with Gasteiger partial charge < -0.3 is 10.2 Å². The van der Waals surface area contributed by atoms with Crippen molar-refractivity contribution in [3.63, 3.8) is 0 Å². The molecule has 2 atom stereocenters. The molecule has 0 saturated heterocycles. The number of allylic oxidation sites excluding steroid dienone is 4. The van der Waals surface area contributed by atoms with Crippen LogP contribution in [0.3, 0.4) is 0 Å². The quantitative estimate of drug-likeness (QED) is 0.674. The Balaban J connectivity index is 1.89. The topological polar surface area (TPSA) is 111 Å². The molecule has 1 aromatic heterocycles. The summed E-state index contributed by atoms with van der Waals surface area (Å²) in [5.74, 6) is 0.482. The van der Waals surface area contributed by atoms with Crippen molar-refractivity contribution >= 4 is 15.9 Å². The van der Waals surface area contributed by atoms with Gasteiger partial charge in [-0.1, -0.05) is 34.1 Å². The summed E-state index contributed by atoms with van der Waals surface area (Å²) in [4.78, 5) is 0. The van der Waals surface area contributed by atoms with Gasteiger partial charge in [-0.05, 0) is 55.0 Å². The molecule has 6 heteroatoms. The number of nitriles is 3. The summed E-state index contributed by atoms with van der Waals surface area (Å²) in [6.07, 6.45) is 4.57. The molecule has 0 bridgehead atoms. The number of rotatable bonds is 2. The van der Waals surface area contributed by atoms with E-state index in [0.29, 0.717) is 11.5 Å². The van der Waals surface area contributed by atoms with E-state index in [2.05, 4.69) is 34.1 Å². The van der Waals surface area contributed by atoms with E-state index in [1.165, 1.54) is 0 Å². The van der Waals surface area contributed by atoms with Crippen LogP contribution in [0, 0.1) is 45.3 Å². The maximum absolute atomic E-state index is 10.0. The van der Waals surface area contributed by atoms with Gasteiger partial charge in [0.15, 0.2) is 5.41 Å². The third-order valence-corrected chi connectivity index (χ3v) is 6.39. The van der Waals surface area contributed by atoms with Gasteiger partial charge in [-0.25, -0.2) is 0 Å². The van der Waals surface area contributed by atoms with Crippen LogP contribution >= 0.6 is 15.9 Å². The number of hydrogen-bond acceptors (Lipinski definition) is 5. The summed E-state index contributed by atoms with van der Waals surface area (Å²) < 4.78 is 7.13. The lowest BCUT2D eigenvalue weighted by molar-refractivity contribution is 0.277. The van der Waals surface area contributed by atoms with Crippen molar-refractivity contribution in [1.82, 2.24) is 0 Å². The Morgan fingerprint density at radius 1 is 1.07 bits per heavy atom. The van der Waals surface area contributed by atoms with Crippen LogP contribution in [-0.2, 0) is 0 Å². The molecule has 2 aromatic rings. The van der Waals surface area contributed by atoms with Crippen LogP contribution in [0.5, 0.6) is 0 Å². The standard InChI is InChI=1S/C23H17BrN4O/c24-15-7-5-14(6-8-15)19-9-10-20(29-19)21-17-4-2-1-3-16(17)18(11-25)22(28)23(21,12-26)13-27/h3,5-10,17,21H,1-2,4,28H2/t17-,21-/m0/s1. The third kappa shape index (κ3) is 2.87. The maximum Gasteiger partial charge on any atom is 0.194 e. The van der Waals surface area contributed by atoms with E-state index in [4.69, 9.17) is 10.2 Å². The molecule has 0 fully saturated rings. The summed E-state index contributed by atoms with van der Waals surface area (Å²) in [5, 5.41) is 29.8. The number of furan rings is 1. The normalized spacial score (nSPS) is 22.6. The number of nitrogens with two attached hydrogens (primary N) is 1. The molecule has 142 valence electrons. The van der Waals surface area contributed by atoms with Crippen LogP contribution in [0.1, 0.15) is 30.9 Å². The lowest BCUT2D eigenvalue weighted by Crippen LogP contribution is -2.42. The van der Waals surface area contributed by atoms with Gasteiger partial charge in [0.2, 0.25) is 0 Å². The third-order valence-electron chi connectivity index (χ3n) is 5.86. The average Bonchev–Trinajstić information content (AvgIpc) is 3.23. The van der Waals surface area contributed by atoms with Crippen molar-refractivity contribution < 1.29 is 4.42 Å². The van der Waals surface area contributed by atoms with Crippen LogP contribution in [0.4, 0.5) is 0 Å². The highest BCUT2D eigenvalue weighted by atomic mass is 79.9. The average molecular weight is 445 g/mol. The van der Waals surface area contributed by atoms with E-state index in [0.717, 1.165) is 34.9 Å². The Hall–Kier alpha value is -3.27. The van der Waals surface area contributed by atoms with Crippen LogP contribution in [0.15, 0.2) is 68.2 Å². The van der Waals surface area contributed by atoms with Gasteiger partial charge in [0.05, 0.1) is 29.3 Å². The predicted molar refractivity (Wildman–Crippen MR) is 110 cm³/mol. The highest BCUT2D eigenvalue weighted by Crippen LogP contribution is 2.56. The lowest BCUT2D eigenvalue weighted by Gasteiger charge is -2.42. The van der Waals surface area contributed by atoms with Crippen LogP contribution in [-0.4, -0.2) is 0 Å². The van der Waals surface area contributed by atoms with Crippen LogP contribution in [0.25, 0.3) is 11.3 Å². The van der Waals surface area contributed by atoms with Gasteiger partial charge in [-0.15, -0.1) is 0 Å². The molecule has 29 heavy (non-hydrogen) atoms. The first kappa shape index (κ1) is 19.1. The second kappa shape index (κ2) is 7.28. The monoisotopic (exact) mass is 444 g/mol. The Labute approximate surface area is 177 Å². The molecule has 4 rings (SSSR count). The second-order valence-electron chi connectivity index (χ2n) is 7.32. The SMILES string of the molecule is N#CC1=C(N)C(C#N)(C#N)[C@H](c2ccc(-c3ccc(Br)cc3)o2)[C@H]2CCCC=C12. The van der Waals surface area contributed by atoms with Crippen LogP contribution in [0.2, 0.25) is 0 Å². The Kier molecular flexibility index (Phi) is 4.79. The van der Waals surface area contributed by atoms with Crippen LogP contribution < -0.4 is 5.73 Å². The fourth-order valence-electron chi connectivity index (χ4n) is 4.47. The van der Waals surface area contributed by atoms with Gasteiger partial charge in [0, 0.05) is 10.0 Å². The van der Waals surface area contributed by atoms with Crippen molar-refractivity contribution in [2.24, 2.45) is 17.1 Å². The minimum atomic E-state index is -1.64.